The summed E-state index contributed by atoms with van der Waals surface area (Å²) < 4.78 is 0. The molecule has 0 amide bonds. The average Bonchev–Trinajstić information content (AvgIpc) is 2.00. The lowest BCUT2D eigenvalue weighted by Gasteiger charge is -2.17. The Morgan fingerprint density at radius 2 is 1.29 bits per heavy atom. The fourth-order valence-electron chi connectivity index (χ4n) is 1.04. The molecule has 0 aliphatic carbocycles. The lowest BCUT2D eigenvalue weighted by molar-refractivity contribution is -0.123. The molecule has 0 fully saturated rings. The summed E-state index contributed by atoms with van der Waals surface area (Å²) in [5.74, 6) is -0.309. The molecule has 0 aromatic heterocycles. The number of carbonyl (C=O) groups is 4. The zero-order chi connectivity index (χ0) is 11.5. The molecule has 0 bridgehead atoms. The van der Waals surface area contributed by atoms with Gasteiger partial charge >= 0.3 is 0 Å². The standard InChI is InChI=1S/C9H14O4Si/c1-6(10)5-9(13)14(4,7(2)11)8(3)12/h5H2,1-4H3. The van der Waals surface area contributed by atoms with Crippen LogP contribution in [0.3, 0.4) is 0 Å². The molecule has 0 unspecified atom stereocenters. The van der Waals surface area contributed by atoms with E-state index in [0.29, 0.717) is 0 Å². The molecular formula is C9H14O4Si. The van der Waals surface area contributed by atoms with Crippen molar-refractivity contribution in [3.05, 3.63) is 0 Å². The molecule has 0 aliphatic heterocycles. The van der Waals surface area contributed by atoms with Gasteiger partial charge in [0, 0.05) is 0 Å². The summed E-state index contributed by atoms with van der Waals surface area (Å²) in [6.07, 6.45) is -0.304. The second kappa shape index (κ2) is 4.41. The van der Waals surface area contributed by atoms with Crippen LogP contribution in [0.1, 0.15) is 27.2 Å². The highest BCUT2D eigenvalue weighted by Gasteiger charge is 2.46. The summed E-state index contributed by atoms with van der Waals surface area (Å²) in [5.41, 5.74) is 0. The Hall–Kier alpha value is -1.10. The third-order valence-electron chi connectivity index (χ3n) is 2.38. The summed E-state index contributed by atoms with van der Waals surface area (Å²) in [6, 6.07) is 0. The summed E-state index contributed by atoms with van der Waals surface area (Å²) >= 11 is 0. The predicted molar refractivity (Wildman–Crippen MR) is 53.3 cm³/mol. The highest BCUT2D eigenvalue weighted by atomic mass is 28.3. The molecule has 0 saturated carbocycles. The topological polar surface area (TPSA) is 68.3 Å². The number of rotatable bonds is 5. The van der Waals surface area contributed by atoms with Gasteiger partial charge in [-0.15, -0.1) is 0 Å². The van der Waals surface area contributed by atoms with E-state index in [4.69, 9.17) is 0 Å². The number of hydrogen-bond acceptors (Lipinski definition) is 4. The van der Waals surface area contributed by atoms with Crippen LogP contribution in [0.5, 0.6) is 0 Å². The van der Waals surface area contributed by atoms with Gasteiger partial charge in [0.1, 0.15) is 22.0 Å². The van der Waals surface area contributed by atoms with Crippen LogP contribution in [0.15, 0.2) is 0 Å². The Morgan fingerprint density at radius 3 is 1.50 bits per heavy atom. The lowest BCUT2D eigenvalue weighted by atomic mass is 10.3. The fraction of sp³-hybridized carbons (Fsp3) is 0.556. The van der Waals surface area contributed by atoms with Crippen molar-refractivity contribution in [2.45, 2.75) is 33.7 Å². The molecule has 0 heterocycles. The summed E-state index contributed by atoms with van der Waals surface area (Å²) in [6.45, 7) is 5.16. The molecule has 4 nitrogen and oxygen atoms in total. The van der Waals surface area contributed by atoms with Crippen molar-refractivity contribution in [3.63, 3.8) is 0 Å². The van der Waals surface area contributed by atoms with Crippen LogP contribution in [0.4, 0.5) is 0 Å². The van der Waals surface area contributed by atoms with Crippen LogP contribution in [0.2, 0.25) is 6.55 Å². The van der Waals surface area contributed by atoms with E-state index < -0.39 is 13.5 Å². The first-order valence-corrected chi connectivity index (χ1v) is 6.77. The minimum atomic E-state index is -3.21. The van der Waals surface area contributed by atoms with Crippen LogP contribution in [-0.2, 0) is 19.2 Å². The molecule has 0 aliphatic rings. The minimum absolute atomic E-state index is 0.304. The Morgan fingerprint density at radius 1 is 0.929 bits per heavy atom. The molecule has 0 N–H and O–H groups in total. The van der Waals surface area contributed by atoms with E-state index in [1.54, 1.807) is 0 Å². The molecule has 14 heavy (non-hydrogen) atoms. The first-order chi connectivity index (χ1) is 6.22. The van der Waals surface area contributed by atoms with E-state index in [1.165, 1.54) is 27.3 Å². The second-order valence-corrected chi connectivity index (χ2v) is 7.76. The van der Waals surface area contributed by atoms with Gasteiger partial charge in [-0.2, -0.15) is 0 Å². The van der Waals surface area contributed by atoms with E-state index in [2.05, 4.69) is 0 Å². The van der Waals surface area contributed by atoms with Crippen molar-refractivity contribution >= 4 is 30.1 Å². The van der Waals surface area contributed by atoms with Gasteiger partial charge < -0.3 is 14.4 Å². The van der Waals surface area contributed by atoms with Gasteiger partial charge in [-0.1, -0.05) is 0 Å². The van der Waals surface area contributed by atoms with E-state index in [0.717, 1.165) is 0 Å². The SMILES string of the molecule is CC(=O)CC(=O)[Si](C)(C(C)=O)C(C)=O. The van der Waals surface area contributed by atoms with E-state index in [1.807, 2.05) is 0 Å². The second-order valence-electron chi connectivity index (χ2n) is 3.54. The molecule has 0 saturated heterocycles. The van der Waals surface area contributed by atoms with E-state index in [9.17, 15) is 19.2 Å². The van der Waals surface area contributed by atoms with Crippen LogP contribution in [0.25, 0.3) is 0 Å². The molecule has 78 valence electrons. The van der Waals surface area contributed by atoms with Gasteiger partial charge in [0.15, 0.2) is 0 Å². The van der Waals surface area contributed by atoms with Gasteiger partial charge in [-0.05, 0) is 27.3 Å². The van der Waals surface area contributed by atoms with Crippen LogP contribution < -0.4 is 0 Å². The molecular weight excluding hydrogens is 200 g/mol. The number of hydrogen-bond donors (Lipinski definition) is 0. The maximum Gasteiger partial charge on any atom is 0.276 e. The Bertz CT molecular complexity index is 292. The highest BCUT2D eigenvalue weighted by Crippen LogP contribution is 2.10. The van der Waals surface area contributed by atoms with E-state index in [-0.39, 0.29) is 23.0 Å². The minimum Gasteiger partial charge on any atom is -0.305 e. The van der Waals surface area contributed by atoms with Crippen LogP contribution >= 0.6 is 0 Å². The van der Waals surface area contributed by atoms with Gasteiger partial charge in [0.2, 0.25) is 0 Å². The highest BCUT2D eigenvalue weighted by molar-refractivity contribution is 7.39. The summed E-state index contributed by atoms with van der Waals surface area (Å²) in [5, 5.41) is -1.24. The third kappa shape index (κ3) is 2.44. The first kappa shape index (κ1) is 12.9. The Labute approximate surface area is 83.7 Å². The van der Waals surface area contributed by atoms with Gasteiger partial charge in [0.25, 0.3) is 8.07 Å². The third-order valence-corrected chi connectivity index (χ3v) is 6.48. The smallest absolute Gasteiger partial charge is 0.276 e. The maximum atomic E-state index is 11.6. The number of Topliss-reactive ketones (excluding diaryl/α,β-unsaturated/α-hetero) is 1. The lowest BCUT2D eigenvalue weighted by Crippen LogP contribution is -2.55. The van der Waals surface area contributed by atoms with Crippen molar-refractivity contribution in [1.82, 2.24) is 0 Å². The van der Waals surface area contributed by atoms with Gasteiger partial charge in [-0.25, -0.2) is 0 Å². The van der Waals surface area contributed by atoms with Crippen LogP contribution in [0, 0.1) is 0 Å². The Kier molecular flexibility index (Phi) is 4.06. The number of carbonyl (C=O) groups excluding carboxylic acids is 4. The zero-order valence-electron chi connectivity index (χ0n) is 8.84. The summed E-state index contributed by atoms with van der Waals surface area (Å²) in [4.78, 5) is 44.8. The molecule has 0 atom stereocenters. The normalized spacial score (nSPS) is 10.9. The Balaban J connectivity index is 5.03. The average molecular weight is 214 g/mol. The van der Waals surface area contributed by atoms with Crippen LogP contribution in [-0.4, -0.2) is 30.1 Å². The molecule has 0 aromatic carbocycles. The largest absolute Gasteiger partial charge is 0.305 e. The molecule has 0 spiro atoms. The summed E-state index contributed by atoms with van der Waals surface area (Å²) in [7, 11) is -3.21. The zero-order valence-corrected chi connectivity index (χ0v) is 9.84. The van der Waals surface area contributed by atoms with Crippen molar-refractivity contribution in [3.8, 4) is 0 Å². The fourth-order valence-corrected chi connectivity index (χ4v) is 2.93. The van der Waals surface area contributed by atoms with Gasteiger partial charge in [-0.3, -0.25) is 4.79 Å². The molecule has 0 radical (unpaired) electrons. The first-order valence-electron chi connectivity index (χ1n) is 4.27. The molecule has 5 heteroatoms. The quantitative estimate of drug-likeness (QED) is 0.491. The monoisotopic (exact) mass is 214 g/mol. The number of ketones is 1. The van der Waals surface area contributed by atoms with Crippen molar-refractivity contribution in [2.75, 3.05) is 0 Å². The predicted octanol–water partition coefficient (Wildman–Crippen LogP) is 0.409. The van der Waals surface area contributed by atoms with E-state index >= 15 is 0 Å². The van der Waals surface area contributed by atoms with Gasteiger partial charge in [0.05, 0.1) is 6.42 Å². The van der Waals surface area contributed by atoms with Crippen molar-refractivity contribution in [1.29, 1.82) is 0 Å². The maximum absolute atomic E-state index is 11.6. The van der Waals surface area contributed by atoms with Crippen molar-refractivity contribution in [2.24, 2.45) is 0 Å². The van der Waals surface area contributed by atoms with Crippen molar-refractivity contribution < 1.29 is 19.2 Å². The molecule has 0 aromatic rings. The molecule has 0 rings (SSSR count).